The van der Waals surface area contributed by atoms with E-state index in [1.54, 1.807) is 22.6 Å². The molecule has 2 N–H and O–H groups in total. The van der Waals surface area contributed by atoms with Crippen LogP contribution in [0.15, 0.2) is 30.3 Å². The minimum absolute atomic E-state index is 0.351. The molecule has 0 spiro atoms. The highest BCUT2D eigenvalue weighted by Crippen LogP contribution is 2.16. The number of benzene rings is 2. The molecule has 0 radical (unpaired) electrons. The van der Waals surface area contributed by atoms with E-state index in [4.69, 9.17) is 10.2 Å². The summed E-state index contributed by atoms with van der Waals surface area (Å²) in [5, 5.41) is 16.7. The van der Waals surface area contributed by atoms with Crippen molar-refractivity contribution in [2.45, 2.75) is 0 Å². The van der Waals surface area contributed by atoms with E-state index in [1.165, 1.54) is 0 Å². The molecule has 0 atom stereocenters. The van der Waals surface area contributed by atoms with Gasteiger partial charge in [0.1, 0.15) is 0 Å². The van der Waals surface area contributed by atoms with Gasteiger partial charge in [-0.15, -0.1) is 0 Å². The molecule has 0 saturated carbocycles. The van der Waals surface area contributed by atoms with E-state index >= 15 is 0 Å². The van der Waals surface area contributed by atoms with Gasteiger partial charge in [-0.2, -0.15) is 0 Å². The molecule has 122 valence electrons. The van der Waals surface area contributed by atoms with Crippen LogP contribution in [0.3, 0.4) is 0 Å². The first-order chi connectivity index (χ1) is 10.6. The predicted molar refractivity (Wildman–Crippen MR) is 79.4 cm³/mol. The van der Waals surface area contributed by atoms with E-state index in [0.717, 1.165) is 30.3 Å². The highest BCUT2D eigenvalue weighted by Gasteiger charge is 2.15. The number of rotatable bonds is 2. The van der Waals surface area contributed by atoms with E-state index in [9.17, 15) is 27.2 Å². The Labute approximate surface area is 140 Å². The van der Waals surface area contributed by atoms with Crippen LogP contribution in [-0.2, 0) is 0 Å². The third-order valence-corrected chi connectivity index (χ3v) is 3.03. The molecular weight excluding hydrogens is 435 g/mol. The number of hydrogen-bond acceptors (Lipinski definition) is 2. The first-order valence-electron chi connectivity index (χ1n) is 5.70. The Morgan fingerprint density at radius 3 is 1.83 bits per heavy atom. The molecule has 2 aromatic carbocycles. The lowest BCUT2D eigenvalue weighted by Crippen LogP contribution is -2.03. The molecule has 0 aliphatic carbocycles. The molecule has 0 aliphatic rings. The van der Waals surface area contributed by atoms with Crippen molar-refractivity contribution >= 4 is 34.5 Å². The predicted octanol–water partition coefficient (Wildman–Crippen LogP) is 3.93. The smallest absolute Gasteiger partial charge is 0.338 e. The highest BCUT2D eigenvalue weighted by atomic mass is 127. The summed E-state index contributed by atoms with van der Waals surface area (Å²) in [6.07, 6.45) is 0. The number of halogens is 5. The molecule has 0 bridgehead atoms. The molecule has 0 aromatic heterocycles. The van der Waals surface area contributed by atoms with Gasteiger partial charge in [0.05, 0.1) is 11.1 Å². The van der Waals surface area contributed by atoms with E-state index in [2.05, 4.69) is 0 Å². The Morgan fingerprint density at radius 2 is 1.35 bits per heavy atom. The van der Waals surface area contributed by atoms with Gasteiger partial charge in [0.25, 0.3) is 0 Å². The molecule has 0 unspecified atom stereocenters. The number of hydrogen-bond donors (Lipinski definition) is 2. The van der Waals surface area contributed by atoms with Gasteiger partial charge in [0, 0.05) is 3.57 Å². The summed E-state index contributed by atoms with van der Waals surface area (Å²) < 4.78 is 50.4. The second-order valence-corrected chi connectivity index (χ2v) is 5.21. The van der Waals surface area contributed by atoms with E-state index < -0.39 is 46.3 Å². The lowest BCUT2D eigenvalue weighted by molar-refractivity contribution is 0.0679. The third kappa shape index (κ3) is 4.91. The second-order valence-electron chi connectivity index (χ2n) is 3.96. The summed E-state index contributed by atoms with van der Waals surface area (Å²) in [6, 6.07) is 5.01. The monoisotopic (exact) mass is 442 g/mol. The molecule has 2 rings (SSSR count). The summed E-state index contributed by atoms with van der Waals surface area (Å²) >= 11 is 1.71. The van der Waals surface area contributed by atoms with Crippen molar-refractivity contribution in [1.29, 1.82) is 0 Å². The van der Waals surface area contributed by atoms with Crippen LogP contribution in [0.4, 0.5) is 17.6 Å². The van der Waals surface area contributed by atoms with Gasteiger partial charge in [-0.05, 0) is 46.9 Å². The van der Waals surface area contributed by atoms with Crippen LogP contribution < -0.4 is 0 Å². The summed E-state index contributed by atoms with van der Waals surface area (Å²) in [5.74, 6) is -7.86. The van der Waals surface area contributed by atoms with Gasteiger partial charge in [0.2, 0.25) is 0 Å². The fraction of sp³-hybridized carbons (Fsp3) is 0. The maximum absolute atomic E-state index is 12.7. The van der Waals surface area contributed by atoms with Gasteiger partial charge in [-0.1, -0.05) is 6.07 Å². The molecular formula is C14H7F4IO4. The minimum Gasteiger partial charge on any atom is -0.478 e. The van der Waals surface area contributed by atoms with Crippen molar-refractivity contribution in [2.24, 2.45) is 0 Å². The number of aromatic carboxylic acids is 2. The van der Waals surface area contributed by atoms with Crippen LogP contribution in [-0.4, -0.2) is 22.2 Å². The molecule has 2 aromatic rings. The molecule has 0 aliphatic heterocycles. The largest absolute Gasteiger partial charge is 0.478 e. The third-order valence-electron chi connectivity index (χ3n) is 2.41. The highest BCUT2D eigenvalue weighted by molar-refractivity contribution is 14.1. The zero-order valence-corrected chi connectivity index (χ0v) is 13.1. The van der Waals surface area contributed by atoms with Gasteiger partial charge in [-0.3, -0.25) is 0 Å². The maximum Gasteiger partial charge on any atom is 0.338 e. The van der Waals surface area contributed by atoms with Crippen LogP contribution in [0.2, 0.25) is 0 Å². The van der Waals surface area contributed by atoms with Crippen LogP contribution in [0.5, 0.6) is 0 Å². The van der Waals surface area contributed by atoms with Gasteiger partial charge in [0.15, 0.2) is 23.3 Å². The maximum atomic E-state index is 12.7. The Morgan fingerprint density at radius 1 is 0.826 bits per heavy atom. The molecule has 0 saturated heterocycles. The zero-order valence-electron chi connectivity index (χ0n) is 11.0. The molecule has 23 heavy (non-hydrogen) atoms. The zero-order chi connectivity index (χ0) is 17.7. The molecule has 0 amide bonds. The Balaban J connectivity index is 0.000000231. The number of carbonyl (C=O) groups is 2. The van der Waals surface area contributed by atoms with Crippen molar-refractivity contribution in [3.63, 3.8) is 0 Å². The second kappa shape index (κ2) is 7.90. The van der Waals surface area contributed by atoms with Crippen LogP contribution in [0.25, 0.3) is 0 Å². The summed E-state index contributed by atoms with van der Waals surface area (Å²) in [5.41, 5.74) is -1.29. The van der Waals surface area contributed by atoms with Gasteiger partial charge in [-0.25, -0.2) is 27.2 Å². The van der Waals surface area contributed by atoms with Crippen molar-refractivity contribution < 1.29 is 37.4 Å². The standard InChI is InChI=1S/C7H3F2IO2.C7H4F2O2/c8-5-2-3(10)1-4(6(5)9)7(11)12;8-5-3-1-2-4(6(5)9)7(10)11/h1-2H,(H,11,12);1-3H,(H,10,11). The minimum atomic E-state index is -1.47. The molecule has 9 heteroatoms. The first kappa shape index (κ1) is 18.9. The molecule has 0 fully saturated rings. The average molecular weight is 442 g/mol. The Hall–Kier alpha value is -2.17. The van der Waals surface area contributed by atoms with Crippen LogP contribution >= 0.6 is 22.6 Å². The number of carboxylic acid groups (broad SMARTS) is 2. The lowest BCUT2D eigenvalue weighted by atomic mass is 10.2. The topological polar surface area (TPSA) is 74.6 Å². The van der Waals surface area contributed by atoms with Crippen molar-refractivity contribution in [1.82, 2.24) is 0 Å². The Bertz CT molecular complexity index is 765. The number of carboxylic acids is 2. The molecule has 0 heterocycles. The summed E-state index contributed by atoms with van der Waals surface area (Å²) in [4.78, 5) is 20.5. The average Bonchev–Trinajstić information content (AvgIpc) is 2.46. The first-order valence-corrected chi connectivity index (χ1v) is 6.78. The lowest BCUT2D eigenvalue weighted by Gasteiger charge is -1.98. The van der Waals surface area contributed by atoms with Gasteiger partial charge >= 0.3 is 11.9 Å². The van der Waals surface area contributed by atoms with Crippen LogP contribution in [0, 0.1) is 26.8 Å². The summed E-state index contributed by atoms with van der Waals surface area (Å²) in [6.45, 7) is 0. The van der Waals surface area contributed by atoms with Gasteiger partial charge < -0.3 is 10.2 Å². The quantitative estimate of drug-likeness (QED) is 0.420. The normalized spacial score (nSPS) is 9.78. The van der Waals surface area contributed by atoms with Crippen molar-refractivity contribution in [2.75, 3.05) is 0 Å². The summed E-state index contributed by atoms with van der Waals surface area (Å²) in [7, 11) is 0. The fourth-order valence-corrected chi connectivity index (χ4v) is 1.97. The van der Waals surface area contributed by atoms with E-state index in [1.807, 2.05) is 0 Å². The SMILES string of the molecule is O=C(O)c1cc(I)cc(F)c1F.O=C(O)c1cccc(F)c1F. The fourth-order valence-electron chi connectivity index (χ4n) is 1.38. The Kier molecular flexibility index (Phi) is 6.49. The van der Waals surface area contributed by atoms with Crippen molar-refractivity contribution in [3.05, 3.63) is 68.3 Å². The van der Waals surface area contributed by atoms with Crippen LogP contribution in [0.1, 0.15) is 20.7 Å². The molecule has 4 nitrogen and oxygen atoms in total. The van der Waals surface area contributed by atoms with E-state index in [0.29, 0.717) is 3.57 Å². The van der Waals surface area contributed by atoms with E-state index in [-0.39, 0.29) is 0 Å². The van der Waals surface area contributed by atoms with Crippen molar-refractivity contribution in [3.8, 4) is 0 Å².